The van der Waals surface area contributed by atoms with Crippen molar-refractivity contribution in [2.24, 2.45) is 5.92 Å². The van der Waals surface area contributed by atoms with Gasteiger partial charge in [0.2, 0.25) is 5.67 Å². The first-order valence-corrected chi connectivity index (χ1v) is 13.5. The van der Waals surface area contributed by atoms with Crippen molar-refractivity contribution in [3.63, 3.8) is 0 Å². The highest BCUT2D eigenvalue weighted by atomic mass is 32.1. The van der Waals surface area contributed by atoms with Crippen LogP contribution < -0.4 is 16.0 Å². The Labute approximate surface area is 229 Å². The maximum atomic E-state index is 16.6. The largest absolute Gasteiger partial charge is 0.497 e. The number of hydrogen-bond acceptors (Lipinski definition) is 9. The number of nitrogens with zero attached hydrogens (tertiary/aromatic N) is 3. The minimum atomic E-state index is -2.53. The fourth-order valence-corrected chi connectivity index (χ4v) is 6.22. The van der Waals surface area contributed by atoms with Crippen molar-refractivity contribution in [3.8, 4) is 0 Å². The number of methoxy groups -OCH3 is 2. The fraction of sp³-hybridized carbons (Fsp3) is 0.357. The number of pyridine rings is 1. The third kappa shape index (κ3) is 4.80. The highest BCUT2D eigenvalue weighted by molar-refractivity contribution is 7.19. The van der Waals surface area contributed by atoms with Crippen molar-refractivity contribution in [3.05, 3.63) is 64.8 Å². The van der Waals surface area contributed by atoms with Gasteiger partial charge in [0, 0.05) is 44.1 Å². The summed E-state index contributed by atoms with van der Waals surface area (Å²) in [5.74, 6) is -2.66. The molecule has 1 fully saturated rings. The van der Waals surface area contributed by atoms with Crippen LogP contribution in [0, 0.1) is 5.92 Å². The van der Waals surface area contributed by atoms with Crippen molar-refractivity contribution in [2.45, 2.75) is 12.6 Å². The summed E-state index contributed by atoms with van der Waals surface area (Å²) < 4.78 is 42.4. The van der Waals surface area contributed by atoms with E-state index in [1.54, 1.807) is 18.3 Å². The van der Waals surface area contributed by atoms with Gasteiger partial charge in [0.25, 0.3) is 0 Å². The molecule has 3 heterocycles. The molecule has 0 spiro atoms. The number of halogens is 2. The second-order valence-corrected chi connectivity index (χ2v) is 10.6. The summed E-state index contributed by atoms with van der Waals surface area (Å²) in [7, 11) is 2.52. The third-order valence-corrected chi connectivity index (χ3v) is 8.57. The van der Waals surface area contributed by atoms with Gasteiger partial charge in [-0.3, -0.25) is 0 Å². The Bertz CT molecular complexity index is 1450. The number of nitrogen functional groups attached to an aromatic ring is 1. The molecular weight excluding hydrogens is 524 g/mol. The van der Waals surface area contributed by atoms with Crippen LogP contribution >= 0.6 is 11.3 Å². The molecule has 0 saturated carbocycles. The summed E-state index contributed by atoms with van der Waals surface area (Å²) in [6.07, 6.45) is 2.99. The summed E-state index contributed by atoms with van der Waals surface area (Å²) in [6, 6.07) is 9.26. The Morgan fingerprint density at radius 3 is 2.62 bits per heavy atom. The Hall–Kier alpha value is -3.70. The van der Waals surface area contributed by atoms with E-state index in [0.717, 1.165) is 55.8 Å². The highest BCUT2D eigenvalue weighted by Crippen LogP contribution is 2.51. The summed E-state index contributed by atoms with van der Waals surface area (Å²) in [6.45, 7) is 7.17. The molecule has 1 aromatic carbocycles. The van der Waals surface area contributed by atoms with E-state index in [4.69, 9.17) is 15.2 Å². The number of carbonyl (C=O) groups is 1. The van der Waals surface area contributed by atoms with Gasteiger partial charge < -0.3 is 35.1 Å². The molecule has 0 amide bonds. The van der Waals surface area contributed by atoms with Crippen LogP contribution in [0.2, 0.25) is 0 Å². The van der Waals surface area contributed by atoms with Crippen molar-refractivity contribution < 1.29 is 23.0 Å². The molecular formula is C28H31F2N5O3S. The smallest absolute Gasteiger partial charge is 0.217 e. The van der Waals surface area contributed by atoms with Crippen LogP contribution in [0.5, 0.6) is 0 Å². The summed E-state index contributed by atoms with van der Waals surface area (Å²) in [5, 5.41) is 3.92. The molecule has 5 rings (SSSR count). The molecule has 1 saturated heterocycles. The average molecular weight is 556 g/mol. The van der Waals surface area contributed by atoms with Crippen LogP contribution in [0.15, 0.2) is 59.9 Å². The zero-order valence-corrected chi connectivity index (χ0v) is 22.9. The van der Waals surface area contributed by atoms with E-state index in [0.29, 0.717) is 27.3 Å². The van der Waals surface area contributed by atoms with Gasteiger partial charge in [-0.05, 0) is 42.3 Å². The maximum Gasteiger partial charge on any atom is 0.217 e. The first-order chi connectivity index (χ1) is 18.8. The first-order valence-electron chi connectivity index (χ1n) is 12.7. The predicted molar refractivity (Wildman–Crippen MR) is 151 cm³/mol. The van der Waals surface area contributed by atoms with Gasteiger partial charge in [-0.1, -0.05) is 6.92 Å². The van der Waals surface area contributed by atoms with E-state index in [1.807, 2.05) is 18.2 Å². The van der Waals surface area contributed by atoms with Gasteiger partial charge in [0.15, 0.2) is 11.6 Å². The second kappa shape index (κ2) is 10.8. The van der Waals surface area contributed by atoms with E-state index in [2.05, 4.69) is 27.0 Å². The van der Waals surface area contributed by atoms with Crippen LogP contribution in [0.1, 0.15) is 11.8 Å². The molecule has 206 valence electrons. The minimum Gasteiger partial charge on any atom is -0.497 e. The van der Waals surface area contributed by atoms with E-state index in [1.165, 1.54) is 14.2 Å². The zero-order chi connectivity index (χ0) is 27.7. The number of benzene rings is 1. The molecule has 2 aliphatic rings. The van der Waals surface area contributed by atoms with Gasteiger partial charge >= 0.3 is 0 Å². The van der Waals surface area contributed by atoms with Crippen molar-refractivity contribution in [1.29, 1.82) is 0 Å². The number of aromatic nitrogens is 1. The number of carbonyl (C=O) groups excluding carboxylic acids is 1. The quantitative estimate of drug-likeness (QED) is 0.293. The predicted octanol–water partition coefficient (Wildman–Crippen LogP) is 5.12. The summed E-state index contributed by atoms with van der Waals surface area (Å²) >= 11 is 1.08. The number of alkyl halides is 1. The van der Waals surface area contributed by atoms with E-state index in [-0.39, 0.29) is 22.7 Å². The minimum absolute atomic E-state index is 0.124. The second-order valence-electron chi connectivity index (χ2n) is 9.49. The number of piperazine rings is 1. The number of nitrogens with two attached hydrogens (primary N) is 1. The van der Waals surface area contributed by atoms with Crippen LogP contribution in [0.4, 0.5) is 31.7 Å². The molecule has 8 nitrogen and oxygen atoms in total. The lowest BCUT2D eigenvalue weighted by Crippen LogP contribution is -2.46. The molecule has 39 heavy (non-hydrogen) atoms. The number of thiophene rings is 1. The SMILES string of the molecule is CCN1CCN(c2ccc(Nc3cc4cc(C5(F)C(OC)=CC(OC)=C(F)C5C=O)sc4cn3)c(N)c2)CC1. The molecule has 0 radical (unpaired) electrons. The van der Waals surface area contributed by atoms with Gasteiger partial charge in [0.05, 0.1) is 35.2 Å². The van der Waals surface area contributed by atoms with E-state index >= 15 is 4.39 Å². The van der Waals surface area contributed by atoms with Crippen molar-refractivity contribution in [2.75, 3.05) is 62.9 Å². The number of fused-ring (bicyclic) bond motifs is 1. The molecule has 11 heteroatoms. The van der Waals surface area contributed by atoms with E-state index in [9.17, 15) is 9.18 Å². The summed E-state index contributed by atoms with van der Waals surface area (Å²) in [5.41, 5.74) is 6.22. The molecule has 3 N–H and O–H groups in total. The average Bonchev–Trinajstić information content (AvgIpc) is 3.39. The topological polar surface area (TPSA) is 93.0 Å². The Morgan fingerprint density at radius 2 is 1.97 bits per heavy atom. The normalized spacial score (nSPS) is 22.1. The molecule has 0 bridgehead atoms. The molecule has 3 aromatic rings. The first kappa shape index (κ1) is 26.9. The lowest BCUT2D eigenvalue weighted by Gasteiger charge is -2.35. The van der Waals surface area contributed by atoms with Crippen LogP contribution in [0.3, 0.4) is 0 Å². The van der Waals surface area contributed by atoms with Crippen LogP contribution in [-0.4, -0.2) is 63.1 Å². The standard InChI is InChI=1S/C28H31F2N5O3S/c1-4-34-7-9-35(10-8-34)18-5-6-21(20(31)13-18)33-26-12-17-11-25(39-23(17)15-32-26)28(30)19(16-36)27(29)22(37-2)14-24(28)38-3/h5-6,11-16,19H,4,7-10,31H2,1-3H3,(H,32,33). The van der Waals surface area contributed by atoms with Crippen molar-refractivity contribution >= 4 is 50.6 Å². The molecule has 2 unspecified atom stereocenters. The molecule has 2 aromatic heterocycles. The van der Waals surface area contributed by atoms with Crippen molar-refractivity contribution in [1.82, 2.24) is 9.88 Å². The summed E-state index contributed by atoms with van der Waals surface area (Å²) in [4.78, 5) is 21.2. The van der Waals surface area contributed by atoms with Gasteiger partial charge in [-0.15, -0.1) is 11.3 Å². The number of aldehydes is 1. The Balaban J connectivity index is 1.40. The molecule has 1 aliphatic carbocycles. The van der Waals surface area contributed by atoms with Crippen LogP contribution in [0.25, 0.3) is 10.1 Å². The Morgan fingerprint density at radius 1 is 1.21 bits per heavy atom. The number of rotatable bonds is 8. The number of nitrogens with one attached hydrogen (secondary N) is 1. The lowest BCUT2D eigenvalue weighted by atomic mass is 9.81. The fourth-order valence-electron chi connectivity index (χ4n) is 5.08. The number of likely N-dealkylation sites (N-methyl/N-ethyl adjacent to an activating group) is 1. The third-order valence-electron chi connectivity index (χ3n) is 7.38. The van der Waals surface area contributed by atoms with Gasteiger partial charge in [-0.25, -0.2) is 13.8 Å². The molecule has 2 atom stereocenters. The Kier molecular flexibility index (Phi) is 7.46. The number of hydrogen-bond donors (Lipinski definition) is 2. The monoisotopic (exact) mass is 555 g/mol. The van der Waals surface area contributed by atoms with E-state index < -0.39 is 17.4 Å². The number of allylic oxidation sites excluding steroid dienone is 3. The zero-order valence-electron chi connectivity index (χ0n) is 22.0. The van der Waals surface area contributed by atoms with Gasteiger partial charge in [0.1, 0.15) is 23.8 Å². The molecule has 1 aliphatic heterocycles. The number of anilines is 4. The maximum absolute atomic E-state index is 16.6. The number of ether oxygens (including phenoxy) is 2. The lowest BCUT2D eigenvalue weighted by molar-refractivity contribution is -0.115. The van der Waals surface area contributed by atoms with Crippen LogP contribution in [-0.2, 0) is 19.9 Å². The highest BCUT2D eigenvalue weighted by Gasteiger charge is 2.53. The van der Waals surface area contributed by atoms with Gasteiger partial charge in [-0.2, -0.15) is 0 Å².